The molecule has 0 radical (unpaired) electrons. The predicted molar refractivity (Wildman–Crippen MR) is 124 cm³/mol. The van der Waals surface area contributed by atoms with Gasteiger partial charge in [-0.2, -0.15) is 5.10 Å². The molecule has 0 unspecified atom stereocenters. The van der Waals surface area contributed by atoms with Crippen molar-refractivity contribution in [3.63, 3.8) is 0 Å². The van der Waals surface area contributed by atoms with Gasteiger partial charge in [-0.3, -0.25) is 0 Å². The number of amides is 2. The number of hydrazone groups is 1. The summed E-state index contributed by atoms with van der Waals surface area (Å²) in [6.07, 6.45) is 1.55. The first kappa shape index (κ1) is 21.9. The van der Waals surface area contributed by atoms with Crippen LogP contribution in [0.25, 0.3) is 0 Å². The molecule has 31 heavy (non-hydrogen) atoms. The molecule has 0 aromatic heterocycles. The zero-order valence-electron chi connectivity index (χ0n) is 18.2. The molecular formula is C25H27N3O3. The van der Waals surface area contributed by atoms with Gasteiger partial charge < -0.3 is 14.8 Å². The fourth-order valence-electron chi connectivity index (χ4n) is 3.02. The number of para-hydroxylation sites is 1. The summed E-state index contributed by atoms with van der Waals surface area (Å²) in [5, 5.41) is 6.76. The zero-order valence-corrected chi connectivity index (χ0v) is 18.2. The van der Waals surface area contributed by atoms with Gasteiger partial charge in [0.1, 0.15) is 6.61 Å². The highest BCUT2D eigenvalue weighted by molar-refractivity contribution is 5.91. The fourth-order valence-corrected chi connectivity index (χ4v) is 3.02. The van der Waals surface area contributed by atoms with Gasteiger partial charge in [0.05, 0.1) is 13.3 Å². The number of anilines is 1. The van der Waals surface area contributed by atoms with Crippen LogP contribution in [0.3, 0.4) is 0 Å². The first-order chi connectivity index (χ1) is 15.0. The normalized spacial score (nSPS) is 10.7. The molecule has 0 aliphatic carbocycles. The molecule has 6 heteroatoms. The smallest absolute Gasteiger partial charge is 0.339 e. The molecule has 3 aromatic carbocycles. The number of ether oxygens (including phenoxy) is 2. The molecule has 6 nitrogen and oxygen atoms in total. The number of urea groups is 1. The molecule has 0 aliphatic heterocycles. The highest BCUT2D eigenvalue weighted by Crippen LogP contribution is 2.28. The van der Waals surface area contributed by atoms with Crippen molar-refractivity contribution in [1.82, 2.24) is 5.43 Å². The highest BCUT2D eigenvalue weighted by atomic mass is 16.5. The van der Waals surface area contributed by atoms with Gasteiger partial charge in [0.15, 0.2) is 11.5 Å². The minimum absolute atomic E-state index is 0.411. The maximum atomic E-state index is 12.0. The van der Waals surface area contributed by atoms with Crippen LogP contribution in [0.1, 0.15) is 27.8 Å². The van der Waals surface area contributed by atoms with Gasteiger partial charge in [-0.25, -0.2) is 10.2 Å². The van der Waals surface area contributed by atoms with E-state index in [1.54, 1.807) is 13.3 Å². The molecule has 0 atom stereocenters. The monoisotopic (exact) mass is 417 g/mol. The van der Waals surface area contributed by atoms with Crippen LogP contribution in [0.5, 0.6) is 11.5 Å². The molecule has 3 rings (SSSR count). The van der Waals surface area contributed by atoms with Crippen molar-refractivity contribution in [2.45, 2.75) is 27.4 Å². The lowest BCUT2D eigenvalue weighted by Gasteiger charge is -2.13. The summed E-state index contributed by atoms with van der Waals surface area (Å²) in [5.74, 6) is 1.24. The van der Waals surface area contributed by atoms with Gasteiger partial charge >= 0.3 is 6.03 Å². The van der Waals surface area contributed by atoms with Gasteiger partial charge in [-0.05, 0) is 67.3 Å². The number of nitrogens with zero attached hydrogens (tertiary/aromatic N) is 1. The topological polar surface area (TPSA) is 72.0 Å². The van der Waals surface area contributed by atoms with E-state index in [1.165, 1.54) is 11.1 Å². The van der Waals surface area contributed by atoms with E-state index in [9.17, 15) is 4.79 Å². The number of hydrogen-bond acceptors (Lipinski definition) is 4. The maximum absolute atomic E-state index is 12.0. The molecule has 0 saturated heterocycles. The number of aryl methyl sites for hydroxylation is 3. The Morgan fingerprint density at radius 1 is 0.968 bits per heavy atom. The molecule has 2 amide bonds. The zero-order chi connectivity index (χ0) is 22.2. The summed E-state index contributed by atoms with van der Waals surface area (Å²) < 4.78 is 11.4. The third kappa shape index (κ3) is 6.09. The molecule has 2 N–H and O–H groups in total. The molecule has 160 valence electrons. The van der Waals surface area contributed by atoms with Crippen LogP contribution in [0.2, 0.25) is 0 Å². The van der Waals surface area contributed by atoms with E-state index in [1.807, 2.05) is 49.4 Å². The Morgan fingerprint density at radius 3 is 2.55 bits per heavy atom. The molecule has 0 fully saturated rings. The maximum Gasteiger partial charge on any atom is 0.339 e. The van der Waals surface area contributed by atoms with Crippen molar-refractivity contribution in [3.05, 3.63) is 88.5 Å². The predicted octanol–water partition coefficient (Wildman–Crippen LogP) is 5.36. The molecule has 0 aliphatic rings. The van der Waals surface area contributed by atoms with E-state index in [4.69, 9.17) is 9.47 Å². The van der Waals surface area contributed by atoms with E-state index < -0.39 is 6.03 Å². The minimum atomic E-state index is -0.411. The SMILES string of the molecule is COc1cc(/C=N\NC(=O)Nc2ccccc2C)ccc1OCc1cc(C)ccc1C. The van der Waals surface area contributed by atoms with E-state index >= 15 is 0 Å². The van der Waals surface area contributed by atoms with E-state index in [-0.39, 0.29) is 0 Å². The van der Waals surface area contributed by atoms with Crippen molar-refractivity contribution >= 4 is 17.9 Å². The molecule has 3 aromatic rings. The van der Waals surface area contributed by atoms with E-state index in [0.717, 1.165) is 22.4 Å². The Kier molecular flexibility index (Phi) is 7.27. The Hall–Kier alpha value is -3.80. The first-order valence-electron chi connectivity index (χ1n) is 9.99. The van der Waals surface area contributed by atoms with Gasteiger partial charge in [0, 0.05) is 5.69 Å². The number of benzene rings is 3. The lowest BCUT2D eigenvalue weighted by Crippen LogP contribution is -2.24. The molecule has 0 saturated carbocycles. The average Bonchev–Trinajstić information content (AvgIpc) is 2.76. The highest BCUT2D eigenvalue weighted by Gasteiger charge is 2.07. The Bertz CT molecular complexity index is 1090. The molecule has 0 spiro atoms. The van der Waals surface area contributed by atoms with Crippen molar-refractivity contribution in [1.29, 1.82) is 0 Å². The van der Waals surface area contributed by atoms with Crippen LogP contribution < -0.4 is 20.2 Å². The third-order valence-electron chi connectivity index (χ3n) is 4.85. The van der Waals surface area contributed by atoms with Gasteiger partial charge in [-0.1, -0.05) is 42.0 Å². The number of rotatable bonds is 7. The van der Waals surface area contributed by atoms with Gasteiger partial charge in [0.2, 0.25) is 0 Å². The second kappa shape index (κ2) is 10.3. The van der Waals surface area contributed by atoms with E-state index in [0.29, 0.717) is 18.1 Å². The Labute approximate surface area is 182 Å². The van der Waals surface area contributed by atoms with Crippen molar-refractivity contribution < 1.29 is 14.3 Å². The second-order valence-corrected chi connectivity index (χ2v) is 7.27. The Balaban J connectivity index is 1.60. The number of carbonyl (C=O) groups is 1. The number of nitrogens with one attached hydrogen (secondary N) is 2. The average molecular weight is 418 g/mol. The number of carbonyl (C=O) groups excluding carboxylic acids is 1. The van der Waals surface area contributed by atoms with Crippen LogP contribution >= 0.6 is 0 Å². The second-order valence-electron chi connectivity index (χ2n) is 7.27. The molecular weight excluding hydrogens is 390 g/mol. The number of methoxy groups -OCH3 is 1. The minimum Gasteiger partial charge on any atom is -0.493 e. The van der Waals surface area contributed by atoms with Crippen molar-refractivity contribution in [3.8, 4) is 11.5 Å². The standard InChI is InChI=1S/C25H27N3O3/c1-17-9-10-18(2)21(13-17)16-31-23-12-11-20(14-24(23)30-4)15-26-28-25(29)27-22-8-6-5-7-19(22)3/h5-15H,16H2,1-4H3,(H2,27,28,29)/b26-15-. The summed E-state index contributed by atoms with van der Waals surface area (Å²) in [6, 6.07) is 18.9. The summed E-state index contributed by atoms with van der Waals surface area (Å²) in [7, 11) is 1.59. The number of hydrogen-bond donors (Lipinski definition) is 2. The van der Waals surface area contributed by atoms with Crippen LogP contribution in [0.15, 0.2) is 65.8 Å². The summed E-state index contributed by atoms with van der Waals surface area (Å²) in [4.78, 5) is 12.0. The largest absolute Gasteiger partial charge is 0.493 e. The van der Waals surface area contributed by atoms with Crippen LogP contribution in [-0.2, 0) is 6.61 Å². The molecule has 0 bridgehead atoms. The third-order valence-corrected chi connectivity index (χ3v) is 4.85. The Morgan fingerprint density at radius 2 is 1.77 bits per heavy atom. The molecule has 0 heterocycles. The lowest BCUT2D eigenvalue weighted by molar-refractivity contribution is 0.252. The summed E-state index contributed by atoms with van der Waals surface area (Å²) >= 11 is 0. The fraction of sp³-hybridized carbons (Fsp3) is 0.200. The van der Waals surface area contributed by atoms with Crippen LogP contribution in [-0.4, -0.2) is 19.4 Å². The van der Waals surface area contributed by atoms with Gasteiger partial charge in [-0.15, -0.1) is 0 Å². The summed E-state index contributed by atoms with van der Waals surface area (Å²) in [5.41, 5.74) is 8.46. The van der Waals surface area contributed by atoms with Crippen molar-refractivity contribution in [2.75, 3.05) is 12.4 Å². The quantitative estimate of drug-likeness (QED) is 0.402. The van der Waals surface area contributed by atoms with Crippen molar-refractivity contribution in [2.24, 2.45) is 5.10 Å². The van der Waals surface area contributed by atoms with E-state index in [2.05, 4.69) is 47.9 Å². The summed E-state index contributed by atoms with van der Waals surface area (Å²) in [6.45, 7) is 6.51. The van der Waals surface area contributed by atoms with Crippen LogP contribution in [0.4, 0.5) is 10.5 Å². The van der Waals surface area contributed by atoms with Crippen LogP contribution in [0, 0.1) is 20.8 Å². The lowest BCUT2D eigenvalue weighted by atomic mass is 10.1. The van der Waals surface area contributed by atoms with Gasteiger partial charge in [0.25, 0.3) is 0 Å². The first-order valence-corrected chi connectivity index (χ1v) is 9.99.